The zero-order chi connectivity index (χ0) is 18.0. The Hall–Kier alpha value is -1.34. The molecule has 0 amide bonds. The number of pyridine rings is 1. The number of piperidine rings is 1. The van der Waals surface area contributed by atoms with Gasteiger partial charge in [0.25, 0.3) is 0 Å². The number of ether oxygens (including phenoxy) is 1. The average Bonchev–Trinajstić information content (AvgIpc) is 3.02. The van der Waals surface area contributed by atoms with E-state index in [0.29, 0.717) is 18.1 Å². The third-order valence-corrected chi connectivity index (χ3v) is 6.74. The summed E-state index contributed by atoms with van der Waals surface area (Å²) in [6, 6.07) is 4.06. The van der Waals surface area contributed by atoms with Gasteiger partial charge in [-0.1, -0.05) is 0 Å². The van der Waals surface area contributed by atoms with E-state index < -0.39 is 0 Å². The maximum absolute atomic E-state index is 6.01. The number of likely N-dealkylation sites (tertiary alicyclic amines) is 2. The Morgan fingerprint density at radius 2 is 2.12 bits per heavy atom. The molecule has 0 saturated carbocycles. The lowest BCUT2D eigenvalue weighted by Crippen LogP contribution is -2.71. The van der Waals surface area contributed by atoms with E-state index in [1.807, 2.05) is 24.5 Å². The van der Waals surface area contributed by atoms with Crippen molar-refractivity contribution in [1.82, 2.24) is 19.8 Å². The van der Waals surface area contributed by atoms with E-state index in [-0.39, 0.29) is 0 Å². The van der Waals surface area contributed by atoms with Crippen LogP contribution in [0.25, 0.3) is 0 Å². The van der Waals surface area contributed by atoms with Crippen LogP contribution in [0.1, 0.15) is 29.1 Å². The number of hydrogen-bond donors (Lipinski definition) is 0. The lowest BCUT2D eigenvalue weighted by atomic mass is 9.75. The van der Waals surface area contributed by atoms with E-state index in [0.717, 1.165) is 31.9 Å². The molecule has 2 aliphatic heterocycles. The molecule has 2 fully saturated rings. The smallest absolute Gasteiger partial charge is 0.107 e. The number of rotatable bonds is 6. The summed E-state index contributed by atoms with van der Waals surface area (Å²) in [6.07, 6.45) is 6.14. The number of nitrogens with zero attached hydrogens (tertiary/aromatic N) is 4. The van der Waals surface area contributed by atoms with E-state index in [1.165, 1.54) is 30.0 Å². The largest absolute Gasteiger partial charge is 0.376 e. The summed E-state index contributed by atoms with van der Waals surface area (Å²) in [6.45, 7) is 8.11. The molecule has 4 rings (SSSR count). The lowest BCUT2D eigenvalue weighted by Gasteiger charge is -2.58. The van der Waals surface area contributed by atoms with E-state index in [9.17, 15) is 0 Å². The fourth-order valence-corrected chi connectivity index (χ4v) is 5.12. The van der Waals surface area contributed by atoms with Crippen molar-refractivity contribution in [3.8, 4) is 0 Å². The second-order valence-corrected chi connectivity index (χ2v) is 8.85. The summed E-state index contributed by atoms with van der Waals surface area (Å²) < 4.78 is 6.01. The zero-order valence-electron chi connectivity index (χ0n) is 15.7. The Bertz CT molecular complexity index is 714. The first-order valence-corrected chi connectivity index (χ1v) is 10.3. The van der Waals surface area contributed by atoms with Gasteiger partial charge in [-0.25, -0.2) is 4.98 Å². The Kier molecular flexibility index (Phi) is 5.36. The van der Waals surface area contributed by atoms with Gasteiger partial charge in [-0.15, -0.1) is 11.3 Å². The van der Waals surface area contributed by atoms with Crippen LogP contribution in [-0.4, -0.2) is 58.6 Å². The van der Waals surface area contributed by atoms with Gasteiger partial charge in [0.05, 0.1) is 13.2 Å². The molecule has 2 aromatic rings. The molecule has 2 aliphatic rings. The molecule has 6 heteroatoms. The molecule has 0 bridgehead atoms. The number of likely N-dealkylation sites (N-methyl/N-ethyl adjacent to an activating group) is 1. The van der Waals surface area contributed by atoms with Crippen LogP contribution in [0.2, 0.25) is 0 Å². The molecule has 5 nitrogen and oxygen atoms in total. The van der Waals surface area contributed by atoms with Gasteiger partial charge >= 0.3 is 0 Å². The highest BCUT2D eigenvalue weighted by Crippen LogP contribution is 2.39. The quantitative estimate of drug-likeness (QED) is 0.780. The standard InChI is InChI=1S/C20H28N4OS/c1-16-13-26-19(22-16)10-24-14-20(15-24)9-18(5-8-23(20)2)12-25-11-17-3-6-21-7-4-17/h3-4,6-7,13,18H,5,8-12,14-15H2,1-2H3/t18-/m1/s1. The fraction of sp³-hybridized carbons (Fsp3) is 0.600. The van der Waals surface area contributed by atoms with Crippen LogP contribution >= 0.6 is 11.3 Å². The lowest BCUT2D eigenvalue weighted by molar-refractivity contribution is -0.0935. The van der Waals surface area contributed by atoms with Gasteiger partial charge < -0.3 is 4.74 Å². The van der Waals surface area contributed by atoms with Crippen molar-refractivity contribution in [2.45, 2.75) is 38.5 Å². The molecule has 2 saturated heterocycles. The molecule has 26 heavy (non-hydrogen) atoms. The molecule has 0 N–H and O–H groups in total. The zero-order valence-corrected chi connectivity index (χ0v) is 16.5. The van der Waals surface area contributed by atoms with Crippen molar-refractivity contribution in [2.75, 3.05) is 33.3 Å². The minimum Gasteiger partial charge on any atom is -0.376 e. The van der Waals surface area contributed by atoms with Crippen LogP contribution in [0.15, 0.2) is 29.9 Å². The number of hydrogen-bond acceptors (Lipinski definition) is 6. The first kappa shape index (κ1) is 18.0. The Labute approximate surface area is 160 Å². The number of aryl methyl sites for hydroxylation is 1. The summed E-state index contributed by atoms with van der Waals surface area (Å²) in [5, 5.41) is 3.39. The van der Waals surface area contributed by atoms with Gasteiger partial charge in [-0.2, -0.15) is 0 Å². The van der Waals surface area contributed by atoms with E-state index >= 15 is 0 Å². The molecule has 140 valence electrons. The Morgan fingerprint density at radius 1 is 1.31 bits per heavy atom. The van der Waals surface area contributed by atoms with E-state index in [2.05, 4.69) is 39.1 Å². The minimum absolute atomic E-state index is 0.343. The topological polar surface area (TPSA) is 41.5 Å². The minimum atomic E-state index is 0.343. The fourth-order valence-electron chi connectivity index (χ4n) is 4.31. The summed E-state index contributed by atoms with van der Waals surface area (Å²) >= 11 is 1.78. The highest BCUT2D eigenvalue weighted by Gasteiger charge is 2.49. The molecule has 0 aromatic carbocycles. The van der Waals surface area contributed by atoms with Gasteiger partial charge in [0.1, 0.15) is 5.01 Å². The van der Waals surface area contributed by atoms with Crippen LogP contribution in [0.4, 0.5) is 0 Å². The van der Waals surface area contributed by atoms with Crippen molar-refractivity contribution in [1.29, 1.82) is 0 Å². The van der Waals surface area contributed by atoms with E-state index in [1.54, 1.807) is 11.3 Å². The van der Waals surface area contributed by atoms with Crippen LogP contribution in [0, 0.1) is 12.8 Å². The normalized spacial score (nSPS) is 23.2. The van der Waals surface area contributed by atoms with Crippen LogP contribution in [0.5, 0.6) is 0 Å². The first-order valence-electron chi connectivity index (χ1n) is 9.44. The van der Waals surface area contributed by atoms with Crippen molar-refractivity contribution >= 4 is 11.3 Å². The highest BCUT2D eigenvalue weighted by atomic mass is 32.1. The molecular weight excluding hydrogens is 344 g/mol. The molecule has 1 spiro atoms. The highest BCUT2D eigenvalue weighted by molar-refractivity contribution is 7.09. The average molecular weight is 373 g/mol. The number of thiazole rings is 1. The van der Waals surface area contributed by atoms with Crippen molar-refractivity contribution in [3.63, 3.8) is 0 Å². The van der Waals surface area contributed by atoms with Crippen molar-refractivity contribution in [2.24, 2.45) is 5.92 Å². The molecule has 4 heterocycles. The van der Waals surface area contributed by atoms with Crippen LogP contribution in [-0.2, 0) is 17.9 Å². The molecule has 0 unspecified atom stereocenters. The monoisotopic (exact) mass is 372 g/mol. The van der Waals surface area contributed by atoms with Gasteiger partial charge in [0, 0.05) is 48.7 Å². The third kappa shape index (κ3) is 3.98. The first-order chi connectivity index (χ1) is 12.6. The number of aromatic nitrogens is 2. The maximum atomic E-state index is 6.01. The molecule has 0 aliphatic carbocycles. The SMILES string of the molecule is Cc1csc(CN2CC3(C[C@H](COCc4ccncc4)CCN3C)C2)n1. The van der Waals surface area contributed by atoms with Gasteiger partial charge in [0.15, 0.2) is 0 Å². The summed E-state index contributed by atoms with van der Waals surface area (Å²) in [5.74, 6) is 0.664. The maximum Gasteiger partial charge on any atom is 0.107 e. The van der Waals surface area contributed by atoms with Crippen LogP contribution in [0.3, 0.4) is 0 Å². The summed E-state index contributed by atoms with van der Waals surface area (Å²) in [4.78, 5) is 13.8. The molecule has 0 radical (unpaired) electrons. The second kappa shape index (κ2) is 7.72. The third-order valence-electron chi connectivity index (χ3n) is 5.78. The van der Waals surface area contributed by atoms with Crippen molar-refractivity contribution in [3.05, 3.63) is 46.2 Å². The Balaban J connectivity index is 1.26. The second-order valence-electron chi connectivity index (χ2n) is 7.90. The predicted octanol–water partition coefficient (Wildman–Crippen LogP) is 2.96. The summed E-state index contributed by atoms with van der Waals surface area (Å²) in [5.41, 5.74) is 2.69. The van der Waals surface area contributed by atoms with Gasteiger partial charge in [-0.3, -0.25) is 14.8 Å². The summed E-state index contributed by atoms with van der Waals surface area (Å²) in [7, 11) is 2.29. The van der Waals surface area contributed by atoms with Gasteiger partial charge in [-0.05, 0) is 57.0 Å². The predicted molar refractivity (Wildman–Crippen MR) is 104 cm³/mol. The van der Waals surface area contributed by atoms with E-state index in [4.69, 9.17) is 4.74 Å². The molecule has 2 aromatic heterocycles. The molecule has 1 atom stereocenters. The van der Waals surface area contributed by atoms with Crippen LogP contribution < -0.4 is 0 Å². The van der Waals surface area contributed by atoms with Crippen molar-refractivity contribution < 1.29 is 4.74 Å². The van der Waals surface area contributed by atoms with Gasteiger partial charge in [0.2, 0.25) is 0 Å². The Morgan fingerprint density at radius 3 is 2.85 bits per heavy atom. The molecular formula is C20H28N4OS.